The zero-order valence-corrected chi connectivity index (χ0v) is 18.7. The number of halogens is 3. The zero-order chi connectivity index (χ0) is 22.9. The monoisotopic (exact) mass is 444 g/mol. The molecule has 3 nitrogen and oxygen atoms in total. The fourth-order valence-corrected chi connectivity index (χ4v) is 5.10. The fraction of sp³-hybridized carbons (Fsp3) is 0.500. The van der Waals surface area contributed by atoms with Crippen LogP contribution in [0.5, 0.6) is 0 Å². The third-order valence-corrected chi connectivity index (χ3v) is 6.72. The number of carbonyl (C=O) groups excluding carboxylic acids is 1. The predicted molar refractivity (Wildman–Crippen MR) is 119 cm³/mol. The number of alkyl halides is 3. The van der Waals surface area contributed by atoms with E-state index in [9.17, 15) is 18.0 Å². The maximum Gasteiger partial charge on any atom is 0.416 e. The molecular weight excluding hydrogens is 413 g/mol. The van der Waals surface area contributed by atoms with E-state index in [0.29, 0.717) is 25.1 Å². The Kier molecular flexibility index (Phi) is 6.61. The fourth-order valence-electron chi connectivity index (χ4n) is 5.10. The van der Waals surface area contributed by atoms with Crippen molar-refractivity contribution in [3.8, 4) is 0 Å². The maximum absolute atomic E-state index is 13.3. The van der Waals surface area contributed by atoms with Gasteiger partial charge in [-0.05, 0) is 41.0 Å². The number of hydrogen-bond donors (Lipinski definition) is 0. The first-order valence-electron chi connectivity index (χ1n) is 11.4. The van der Waals surface area contributed by atoms with E-state index in [4.69, 9.17) is 0 Å². The summed E-state index contributed by atoms with van der Waals surface area (Å²) in [6, 6.07) is 14.1. The Labute approximate surface area is 188 Å². The molecule has 2 heterocycles. The summed E-state index contributed by atoms with van der Waals surface area (Å²) < 4.78 is 40.0. The van der Waals surface area contributed by atoms with E-state index in [0.717, 1.165) is 32.1 Å². The minimum absolute atomic E-state index is 0.0921. The van der Waals surface area contributed by atoms with E-state index in [2.05, 4.69) is 29.2 Å². The molecule has 2 aromatic rings. The Balaban J connectivity index is 1.56. The third kappa shape index (κ3) is 5.17. The van der Waals surface area contributed by atoms with Crippen LogP contribution in [0.2, 0.25) is 0 Å². The van der Waals surface area contributed by atoms with Crippen LogP contribution in [0.15, 0.2) is 48.5 Å². The Morgan fingerprint density at radius 1 is 1.06 bits per heavy atom. The molecule has 32 heavy (non-hydrogen) atoms. The number of carbonyl (C=O) groups is 1. The van der Waals surface area contributed by atoms with Crippen LogP contribution in [0.1, 0.15) is 48.4 Å². The molecule has 2 atom stereocenters. The van der Waals surface area contributed by atoms with Crippen LogP contribution in [-0.2, 0) is 23.9 Å². The molecule has 1 amide bonds. The number of likely N-dealkylation sites (tertiary alicyclic amines) is 1. The van der Waals surface area contributed by atoms with Gasteiger partial charge in [-0.2, -0.15) is 13.2 Å². The van der Waals surface area contributed by atoms with Gasteiger partial charge in [0.15, 0.2) is 0 Å². The van der Waals surface area contributed by atoms with E-state index in [1.807, 2.05) is 18.7 Å². The first-order chi connectivity index (χ1) is 15.2. The second-order valence-electron chi connectivity index (χ2n) is 9.64. The van der Waals surface area contributed by atoms with Crippen molar-refractivity contribution in [1.82, 2.24) is 9.80 Å². The smallest absolute Gasteiger partial charge is 0.342 e. The highest BCUT2D eigenvalue weighted by molar-refractivity contribution is 5.76. The number of fused-ring (bicyclic) bond motifs is 1. The van der Waals surface area contributed by atoms with E-state index < -0.39 is 11.7 Å². The second-order valence-corrected chi connectivity index (χ2v) is 9.64. The van der Waals surface area contributed by atoms with E-state index in [1.165, 1.54) is 23.3 Å². The third-order valence-electron chi connectivity index (χ3n) is 6.72. The van der Waals surface area contributed by atoms with Crippen molar-refractivity contribution in [3.05, 3.63) is 70.8 Å². The van der Waals surface area contributed by atoms with Crippen molar-refractivity contribution in [1.29, 1.82) is 0 Å². The van der Waals surface area contributed by atoms with Crippen LogP contribution in [0.3, 0.4) is 0 Å². The summed E-state index contributed by atoms with van der Waals surface area (Å²) in [5.41, 5.74) is 2.76. The second kappa shape index (κ2) is 9.26. The largest absolute Gasteiger partial charge is 0.416 e. The molecule has 1 fully saturated rings. The van der Waals surface area contributed by atoms with Gasteiger partial charge in [0, 0.05) is 45.1 Å². The molecule has 0 spiro atoms. The topological polar surface area (TPSA) is 23.6 Å². The summed E-state index contributed by atoms with van der Waals surface area (Å²) in [5.74, 6) is 0.376. The highest BCUT2D eigenvalue weighted by atomic mass is 19.4. The quantitative estimate of drug-likeness (QED) is 0.621. The lowest BCUT2D eigenvalue weighted by atomic mass is 9.87. The average molecular weight is 445 g/mol. The Bertz CT molecular complexity index is 956. The Morgan fingerprint density at radius 2 is 1.81 bits per heavy atom. The lowest BCUT2D eigenvalue weighted by Gasteiger charge is -2.32. The first kappa shape index (κ1) is 22.8. The molecule has 2 unspecified atom stereocenters. The van der Waals surface area contributed by atoms with E-state index in [1.54, 1.807) is 6.07 Å². The average Bonchev–Trinajstić information content (AvgIpc) is 3.17. The molecule has 2 aliphatic rings. The minimum atomic E-state index is -4.37. The molecule has 2 aliphatic heterocycles. The van der Waals surface area contributed by atoms with Gasteiger partial charge >= 0.3 is 6.18 Å². The number of benzene rings is 2. The van der Waals surface area contributed by atoms with Gasteiger partial charge in [-0.25, -0.2) is 0 Å². The summed E-state index contributed by atoms with van der Waals surface area (Å²) in [6.45, 7) is 7.68. The maximum atomic E-state index is 13.3. The lowest BCUT2D eigenvalue weighted by Crippen LogP contribution is -2.37. The summed E-state index contributed by atoms with van der Waals surface area (Å²) in [7, 11) is 0. The predicted octanol–water partition coefficient (Wildman–Crippen LogP) is 5.35. The number of nitrogens with zero attached hydrogens (tertiary/aromatic N) is 2. The standard InChI is InChI=1S/C26H31F3N2O/c1-18(2)12-25(32)31-16-22(15-30-11-10-19-6-3-4-7-21(19)14-30)24(17-31)20-8-5-9-23(13-20)26(27,28)29/h3-9,13,18,22,24H,10-12,14-17H2,1-2H3. The van der Waals surface area contributed by atoms with E-state index in [-0.39, 0.29) is 23.7 Å². The highest BCUT2D eigenvalue weighted by Gasteiger charge is 2.39. The molecule has 0 radical (unpaired) electrons. The molecule has 1 saturated heterocycles. The van der Waals surface area contributed by atoms with Gasteiger partial charge in [-0.3, -0.25) is 9.69 Å². The summed E-state index contributed by atoms with van der Waals surface area (Å²) in [6.07, 6.45) is -2.92. The molecule has 0 aromatic heterocycles. The molecule has 0 N–H and O–H groups in total. The Morgan fingerprint density at radius 3 is 2.53 bits per heavy atom. The van der Waals surface area contributed by atoms with Gasteiger partial charge in [0.05, 0.1) is 5.56 Å². The zero-order valence-electron chi connectivity index (χ0n) is 18.7. The van der Waals surface area contributed by atoms with Gasteiger partial charge in [-0.1, -0.05) is 56.3 Å². The van der Waals surface area contributed by atoms with Crippen molar-refractivity contribution < 1.29 is 18.0 Å². The normalized spacial score (nSPS) is 21.8. The van der Waals surface area contributed by atoms with Crippen LogP contribution in [-0.4, -0.2) is 41.9 Å². The molecule has 0 saturated carbocycles. The van der Waals surface area contributed by atoms with Crippen LogP contribution in [0, 0.1) is 11.8 Å². The summed E-state index contributed by atoms with van der Waals surface area (Å²) in [4.78, 5) is 17.1. The van der Waals surface area contributed by atoms with Gasteiger partial charge in [0.2, 0.25) is 5.91 Å². The van der Waals surface area contributed by atoms with Crippen LogP contribution in [0.25, 0.3) is 0 Å². The van der Waals surface area contributed by atoms with Crippen LogP contribution < -0.4 is 0 Å². The van der Waals surface area contributed by atoms with Crippen molar-refractivity contribution >= 4 is 5.91 Å². The van der Waals surface area contributed by atoms with Gasteiger partial charge in [-0.15, -0.1) is 0 Å². The molecule has 172 valence electrons. The van der Waals surface area contributed by atoms with Gasteiger partial charge in [0.1, 0.15) is 0 Å². The molecule has 4 rings (SSSR count). The van der Waals surface area contributed by atoms with E-state index >= 15 is 0 Å². The minimum Gasteiger partial charge on any atom is -0.342 e. The molecule has 2 aromatic carbocycles. The number of rotatable bonds is 5. The van der Waals surface area contributed by atoms with Crippen molar-refractivity contribution in [2.75, 3.05) is 26.2 Å². The summed E-state index contributed by atoms with van der Waals surface area (Å²) >= 11 is 0. The van der Waals surface area contributed by atoms with Crippen molar-refractivity contribution in [2.45, 2.75) is 45.3 Å². The number of hydrogen-bond acceptors (Lipinski definition) is 2. The first-order valence-corrected chi connectivity index (χ1v) is 11.4. The van der Waals surface area contributed by atoms with Gasteiger partial charge in [0.25, 0.3) is 0 Å². The highest BCUT2D eigenvalue weighted by Crippen LogP contribution is 2.37. The van der Waals surface area contributed by atoms with Crippen molar-refractivity contribution in [2.24, 2.45) is 11.8 Å². The molecule has 6 heteroatoms. The lowest BCUT2D eigenvalue weighted by molar-refractivity contribution is -0.137. The van der Waals surface area contributed by atoms with Gasteiger partial charge < -0.3 is 4.90 Å². The summed E-state index contributed by atoms with van der Waals surface area (Å²) in [5, 5.41) is 0. The molecule has 0 aliphatic carbocycles. The SMILES string of the molecule is CC(C)CC(=O)N1CC(CN2CCc3ccccc3C2)C(c2cccc(C(F)(F)F)c2)C1. The molecular formula is C26H31F3N2O. The van der Waals surface area contributed by atoms with Crippen LogP contribution in [0.4, 0.5) is 13.2 Å². The Hall–Kier alpha value is -2.34. The van der Waals surface area contributed by atoms with Crippen molar-refractivity contribution in [3.63, 3.8) is 0 Å². The van der Waals surface area contributed by atoms with Crippen LogP contribution >= 0.6 is 0 Å². The number of amides is 1. The molecule has 0 bridgehead atoms.